The van der Waals surface area contributed by atoms with Gasteiger partial charge < -0.3 is 9.84 Å². The quantitative estimate of drug-likeness (QED) is 0.642. The average Bonchev–Trinajstić information content (AvgIpc) is 2.09. The van der Waals surface area contributed by atoms with Crippen LogP contribution in [0.3, 0.4) is 0 Å². The second-order valence-electron chi connectivity index (χ2n) is 3.07. The third kappa shape index (κ3) is 2.91. The Kier molecular flexibility index (Phi) is 3.66. The molecule has 0 heterocycles. The number of aliphatic hydroxyl groups excluding tert-OH is 1. The van der Waals surface area contributed by atoms with Gasteiger partial charge in [-0.15, -0.1) is 0 Å². The Bertz CT molecular complexity index is 390. The lowest BCUT2D eigenvalue weighted by Gasteiger charge is -2.13. The highest BCUT2D eigenvalue weighted by Crippen LogP contribution is 2.25. The summed E-state index contributed by atoms with van der Waals surface area (Å²) in [7, 11) is 0. The number of benzene rings is 1. The molecule has 15 heavy (non-hydrogen) atoms. The lowest BCUT2D eigenvalue weighted by atomic mass is 10.1. The molecule has 1 unspecified atom stereocenters. The molecule has 0 aliphatic rings. The van der Waals surface area contributed by atoms with Gasteiger partial charge in [0, 0.05) is 17.2 Å². The molecule has 82 valence electrons. The van der Waals surface area contributed by atoms with Crippen LogP contribution in [-0.4, -0.2) is 16.6 Å². The van der Waals surface area contributed by atoms with E-state index in [1.165, 1.54) is 6.92 Å². The third-order valence-corrected chi connectivity index (χ3v) is 2.04. The topological polar surface area (TPSA) is 46.5 Å². The Morgan fingerprint density at radius 3 is 2.67 bits per heavy atom. The smallest absolute Gasteiger partial charge is 0.252 e. The Hall–Kier alpha value is -1.13. The van der Waals surface area contributed by atoms with Crippen molar-refractivity contribution in [2.45, 2.75) is 20.1 Å². The van der Waals surface area contributed by atoms with Crippen molar-refractivity contribution in [2.24, 2.45) is 0 Å². The van der Waals surface area contributed by atoms with E-state index in [1.807, 2.05) is 0 Å². The number of hydrogen-bond acceptors (Lipinski definition) is 3. The molecular weight excluding hydrogens is 223 g/mol. The monoisotopic (exact) mass is 232 g/mol. The molecule has 5 heteroatoms. The second-order valence-corrected chi connectivity index (χ2v) is 3.41. The summed E-state index contributed by atoms with van der Waals surface area (Å²) in [6, 6.07) is 2.12. The minimum atomic E-state index is -1.08. The maximum Gasteiger partial charge on any atom is 0.252 e. The summed E-state index contributed by atoms with van der Waals surface area (Å²) in [5, 5.41) is 8.23. The van der Waals surface area contributed by atoms with Crippen molar-refractivity contribution in [3.05, 3.63) is 29.1 Å². The molecule has 1 aromatic rings. The highest BCUT2D eigenvalue weighted by Gasteiger charge is 2.14. The fraction of sp³-hybridized carbons (Fsp3) is 0.300. The Morgan fingerprint density at radius 1 is 1.60 bits per heavy atom. The maximum absolute atomic E-state index is 13.0. The molecule has 1 atom stereocenters. The van der Waals surface area contributed by atoms with E-state index in [0.717, 1.165) is 12.1 Å². The SMILES string of the molecule is Cc1c(OC(C)O)cc(F)cc1C(=O)Cl. The molecule has 0 aromatic heterocycles. The minimum absolute atomic E-state index is 0.0346. The molecule has 0 amide bonds. The Balaban J connectivity index is 3.22. The molecule has 0 radical (unpaired) electrons. The van der Waals surface area contributed by atoms with E-state index in [4.69, 9.17) is 21.4 Å². The second kappa shape index (κ2) is 4.59. The average molecular weight is 233 g/mol. The number of ether oxygens (including phenoxy) is 1. The number of carbonyl (C=O) groups excluding carboxylic acids is 1. The maximum atomic E-state index is 13.0. The first-order valence-electron chi connectivity index (χ1n) is 4.26. The van der Waals surface area contributed by atoms with Crippen LogP contribution in [-0.2, 0) is 0 Å². The molecule has 1 rings (SSSR count). The zero-order valence-corrected chi connectivity index (χ0v) is 9.01. The highest BCUT2D eigenvalue weighted by atomic mass is 35.5. The van der Waals surface area contributed by atoms with Crippen molar-refractivity contribution in [3.63, 3.8) is 0 Å². The summed E-state index contributed by atoms with van der Waals surface area (Å²) < 4.78 is 18.0. The van der Waals surface area contributed by atoms with Crippen molar-refractivity contribution in [1.82, 2.24) is 0 Å². The lowest BCUT2D eigenvalue weighted by molar-refractivity contribution is -0.00106. The van der Waals surface area contributed by atoms with Gasteiger partial charge in [-0.1, -0.05) is 0 Å². The lowest BCUT2D eigenvalue weighted by Crippen LogP contribution is -2.11. The van der Waals surface area contributed by atoms with Gasteiger partial charge >= 0.3 is 0 Å². The molecule has 1 aromatic carbocycles. The normalized spacial score (nSPS) is 12.3. The molecule has 0 aliphatic heterocycles. The zero-order valence-electron chi connectivity index (χ0n) is 8.25. The van der Waals surface area contributed by atoms with Crippen molar-refractivity contribution in [1.29, 1.82) is 0 Å². The molecule has 0 fully saturated rings. The van der Waals surface area contributed by atoms with Crippen molar-refractivity contribution >= 4 is 16.8 Å². The fourth-order valence-electron chi connectivity index (χ4n) is 1.16. The van der Waals surface area contributed by atoms with Crippen LogP contribution in [0.25, 0.3) is 0 Å². The summed E-state index contributed by atoms with van der Waals surface area (Å²) in [4.78, 5) is 10.9. The summed E-state index contributed by atoms with van der Waals surface area (Å²) in [6.45, 7) is 2.94. The van der Waals surface area contributed by atoms with Gasteiger partial charge in [-0.2, -0.15) is 0 Å². The predicted octanol–water partition coefficient (Wildman–Crippen LogP) is 2.23. The van der Waals surface area contributed by atoms with Crippen molar-refractivity contribution < 1.29 is 19.0 Å². The molecule has 3 nitrogen and oxygen atoms in total. The van der Waals surface area contributed by atoms with E-state index in [2.05, 4.69) is 0 Å². The van der Waals surface area contributed by atoms with Crippen LogP contribution in [0.4, 0.5) is 4.39 Å². The van der Waals surface area contributed by atoms with E-state index in [0.29, 0.717) is 5.56 Å². The van der Waals surface area contributed by atoms with Crippen LogP contribution in [0.5, 0.6) is 5.75 Å². The zero-order chi connectivity index (χ0) is 11.6. The number of carbonyl (C=O) groups is 1. The van der Waals surface area contributed by atoms with Crippen LogP contribution in [0.15, 0.2) is 12.1 Å². The molecule has 0 spiro atoms. The molecule has 0 saturated heterocycles. The van der Waals surface area contributed by atoms with Crippen LogP contribution < -0.4 is 4.74 Å². The first kappa shape index (κ1) is 11.9. The van der Waals surface area contributed by atoms with Gasteiger partial charge in [-0.3, -0.25) is 4.79 Å². The Morgan fingerprint density at radius 2 is 2.20 bits per heavy atom. The molecular formula is C10H10ClFO3. The number of halogens is 2. The molecule has 0 saturated carbocycles. The van der Waals surface area contributed by atoms with Crippen LogP contribution >= 0.6 is 11.6 Å². The minimum Gasteiger partial charge on any atom is -0.465 e. The predicted molar refractivity (Wildman–Crippen MR) is 53.6 cm³/mol. The first-order chi connectivity index (χ1) is 6.91. The van der Waals surface area contributed by atoms with Gasteiger partial charge in [0.15, 0.2) is 6.29 Å². The van der Waals surface area contributed by atoms with Gasteiger partial charge in [0.1, 0.15) is 11.6 Å². The van der Waals surface area contributed by atoms with E-state index in [1.54, 1.807) is 6.92 Å². The highest BCUT2D eigenvalue weighted by molar-refractivity contribution is 6.67. The number of hydrogen-bond donors (Lipinski definition) is 1. The standard InChI is InChI=1S/C10H10ClFO3/c1-5-8(10(11)14)3-7(12)4-9(5)15-6(2)13/h3-4,6,13H,1-2H3. The van der Waals surface area contributed by atoms with Crippen molar-refractivity contribution in [2.75, 3.05) is 0 Å². The largest absolute Gasteiger partial charge is 0.465 e. The summed E-state index contributed by atoms with van der Waals surface area (Å²) in [5.41, 5.74) is 0.435. The fourth-order valence-corrected chi connectivity index (χ4v) is 1.36. The summed E-state index contributed by atoms with van der Waals surface area (Å²) in [5.74, 6) is -0.533. The summed E-state index contributed by atoms with van der Waals surface area (Å²) in [6.07, 6.45) is -1.08. The molecule has 1 N–H and O–H groups in total. The Labute approximate surface area is 91.4 Å². The van der Waals surface area contributed by atoms with Gasteiger partial charge in [0.2, 0.25) is 0 Å². The van der Waals surface area contributed by atoms with Gasteiger partial charge in [-0.25, -0.2) is 4.39 Å². The molecule has 0 aliphatic carbocycles. The number of aliphatic hydroxyl groups is 1. The van der Waals surface area contributed by atoms with Crippen LogP contribution in [0, 0.1) is 12.7 Å². The van der Waals surface area contributed by atoms with E-state index in [9.17, 15) is 9.18 Å². The third-order valence-electron chi connectivity index (χ3n) is 1.83. The first-order valence-corrected chi connectivity index (χ1v) is 4.64. The number of rotatable bonds is 3. The van der Waals surface area contributed by atoms with Gasteiger partial charge in [-0.05, 0) is 31.5 Å². The van der Waals surface area contributed by atoms with E-state index >= 15 is 0 Å². The van der Waals surface area contributed by atoms with Crippen molar-refractivity contribution in [3.8, 4) is 5.75 Å². The van der Waals surface area contributed by atoms with E-state index < -0.39 is 17.3 Å². The van der Waals surface area contributed by atoms with E-state index in [-0.39, 0.29) is 11.3 Å². The summed E-state index contributed by atoms with van der Waals surface area (Å²) >= 11 is 5.27. The van der Waals surface area contributed by atoms with Gasteiger partial charge in [0.05, 0.1) is 0 Å². The molecule has 0 bridgehead atoms. The van der Waals surface area contributed by atoms with Crippen LogP contribution in [0.2, 0.25) is 0 Å². The van der Waals surface area contributed by atoms with Crippen LogP contribution in [0.1, 0.15) is 22.8 Å². The van der Waals surface area contributed by atoms with Gasteiger partial charge in [0.25, 0.3) is 5.24 Å².